The molecule has 0 unspecified atom stereocenters. The van der Waals surface area contributed by atoms with Crippen molar-refractivity contribution in [3.05, 3.63) is 17.3 Å². The Morgan fingerprint density at radius 3 is 2.75 bits per heavy atom. The highest BCUT2D eigenvalue weighted by molar-refractivity contribution is 7.88. The van der Waals surface area contributed by atoms with Gasteiger partial charge in [0.25, 0.3) is 0 Å². The van der Waals surface area contributed by atoms with E-state index in [-0.39, 0.29) is 6.54 Å². The van der Waals surface area contributed by atoms with E-state index in [1.54, 1.807) is 6.07 Å². The van der Waals surface area contributed by atoms with Gasteiger partial charge in [0.05, 0.1) is 23.2 Å². The average molecular weight is 265 g/mol. The van der Waals surface area contributed by atoms with Crippen molar-refractivity contribution >= 4 is 33.1 Å². The molecule has 0 atom stereocenters. The van der Waals surface area contributed by atoms with Crippen LogP contribution in [-0.4, -0.2) is 32.7 Å². The standard InChI is InChI=1S/C8H13ClN4O2S/c1-16(14,15)13-3-2-11-8-7(9)4-6(10)5-12-8/h4-5,13H,2-3,10H2,1H3,(H,11,12). The molecule has 0 fully saturated rings. The van der Waals surface area contributed by atoms with Gasteiger partial charge in [0.1, 0.15) is 5.82 Å². The van der Waals surface area contributed by atoms with E-state index in [0.29, 0.717) is 23.1 Å². The average Bonchev–Trinajstić information content (AvgIpc) is 2.13. The smallest absolute Gasteiger partial charge is 0.208 e. The van der Waals surface area contributed by atoms with Gasteiger partial charge in [-0.3, -0.25) is 0 Å². The monoisotopic (exact) mass is 264 g/mol. The summed E-state index contributed by atoms with van der Waals surface area (Å²) < 4.78 is 23.9. The zero-order chi connectivity index (χ0) is 12.2. The van der Waals surface area contributed by atoms with Crippen LogP contribution in [0.5, 0.6) is 0 Å². The minimum absolute atomic E-state index is 0.265. The number of nitrogens with one attached hydrogen (secondary N) is 2. The van der Waals surface area contributed by atoms with Crippen molar-refractivity contribution in [3.63, 3.8) is 0 Å². The van der Waals surface area contributed by atoms with Gasteiger partial charge in [-0.15, -0.1) is 0 Å². The number of nitrogen functional groups attached to an aromatic ring is 1. The molecule has 0 amide bonds. The lowest BCUT2D eigenvalue weighted by Crippen LogP contribution is -2.27. The van der Waals surface area contributed by atoms with E-state index >= 15 is 0 Å². The zero-order valence-corrected chi connectivity index (χ0v) is 10.3. The van der Waals surface area contributed by atoms with E-state index < -0.39 is 10.0 Å². The second-order valence-electron chi connectivity index (χ2n) is 3.19. The number of pyridine rings is 1. The molecule has 0 bridgehead atoms. The van der Waals surface area contributed by atoms with E-state index in [1.807, 2.05) is 0 Å². The summed E-state index contributed by atoms with van der Waals surface area (Å²) in [5.41, 5.74) is 5.95. The fourth-order valence-electron chi connectivity index (χ4n) is 1.00. The molecule has 8 heteroatoms. The summed E-state index contributed by atoms with van der Waals surface area (Å²) >= 11 is 5.85. The van der Waals surface area contributed by atoms with Crippen LogP contribution in [0, 0.1) is 0 Å². The van der Waals surface area contributed by atoms with Crippen molar-refractivity contribution < 1.29 is 8.42 Å². The molecule has 0 saturated heterocycles. The van der Waals surface area contributed by atoms with Crippen LogP contribution in [0.25, 0.3) is 0 Å². The number of hydrogen-bond donors (Lipinski definition) is 3. The van der Waals surface area contributed by atoms with Crippen LogP contribution in [0.2, 0.25) is 5.02 Å². The predicted molar refractivity (Wildman–Crippen MR) is 65.0 cm³/mol. The zero-order valence-electron chi connectivity index (χ0n) is 8.70. The quantitative estimate of drug-likeness (QED) is 0.664. The predicted octanol–water partition coefficient (Wildman–Crippen LogP) is 0.278. The Hall–Kier alpha value is -1.05. The minimum Gasteiger partial charge on any atom is -0.397 e. The molecule has 0 aliphatic carbocycles. The van der Waals surface area contributed by atoms with Crippen LogP contribution in [0.3, 0.4) is 0 Å². The third kappa shape index (κ3) is 4.65. The van der Waals surface area contributed by atoms with Gasteiger partial charge in [0, 0.05) is 13.1 Å². The number of sulfonamides is 1. The molecule has 0 spiro atoms. The number of hydrogen-bond acceptors (Lipinski definition) is 5. The van der Waals surface area contributed by atoms with E-state index in [4.69, 9.17) is 17.3 Å². The lowest BCUT2D eigenvalue weighted by molar-refractivity contribution is 0.589. The Balaban J connectivity index is 2.43. The highest BCUT2D eigenvalue weighted by Gasteiger charge is 2.02. The van der Waals surface area contributed by atoms with E-state index in [9.17, 15) is 8.42 Å². The molecule has 1 aromatic heterocycles. The summed E-state index contributed by atoms with van der Waals surface area (Å²) in [4.78, 5) is 3.97. The number of anilines is 2. The molecule has 0 saturated carbocycles. The minimum atomic E-state index is -3.16. The Labute approximate surface area is 99.2 Å². The molecule has 90 valence electrons. The molecule has 0 aromatic carbocycles. The van der Waals surface area contributed by atoms with E-state index in [2.05, 4.69) is 15.0 Å². The Morgan fingerprint density at radius 2 is 2.19 bits per heavy atom. The number of halogens is 1. The van der Waals surface area contributed by atoms with Crippen LogP contribution in [0.4, 0.5) is 11.5 Å². The van der Waals surface area contributed by atoms with Crippen LogP contribution in [0.1, 0.15) is 0 Å². The maximum atomic E-state index is 10.8. The molecule has 4 N–H and O–H groups in total. The van der Waals surface area contributed by atoms with Crippen molar-refractivity contribution in [2.45, 2.75) is 0 Å². The first kappa shape index (κ1) is 13.0. The third-order valence-corrected chi connectivity index (χ3v) is 2.66. The maximum Gasteiger partial charge on any atom is 0.208 e. The summed E-state index contributed by atoms with van der Waals surface area (Å²) in [6, 6.07) is 1.57. The largest absolute Gasteiger partial charge is 0.397 e. The summed E-state index contributed by atoms with van der Waals surface area (Å²) in [5, 5.41) is 3.29. The van der Waals surface area contributed by atoms with Crippen LogP contribution >= 0.6 is 11.6 Å². The van der Waals surface area contributed by atoms with Gasteiger partial charge < -0.3 is 11.1 Å². The molecule has 0 radical (unpaired) electrons. The molecule has 1 heterocycles. The number of nitrogens with zero attached hydrogens (tertiary/aromatic N) is 1. The molecule has 16 heavy (non-hydrogen) atoms. The van der Waals surface area contributed by atoms with Crippen LogP contribution in [-0.2, 0) is 10.0 Å². The normalized spacial score (nSPS) is 11.4. The van der Waals surface area contributed by atoms with Crippen LogP contribution < -0.4 is 15.8 Å². The van der Waals surface area contributed by atoms with E-state index in [0.717, 1.165) is 6.26 Å². The Kier molecular flexibility index (Phi) is 4.34. The Bertz CT molecular complexity index is 463. The molecule has 6 nitrogen and oxygen atoms in total. The molecular formula is C8H13ClN4O2S. The second kappa shape index (κ2) is 5.33. The lowest BCUT2D eigenvalue weighted by Gasteiger charge is -2.07. The van der Waals surface area contributed by atoms with E-state index in [1.165, 1.54) is 6.20 Å². The summed E-state index contributed by atoms with van der Waals surface area (Å²) in [6.07, 6.45) is 2.57. The highest BCUT2D eigenvalue weighted by Crippen LogP contribution is 2.20. The van der Waals surface area contributed by atoms with Gasteiger partial charge in [-0.05, 0) is 6.07 Å². The first-order valence-electron chi connectivity index (χ1n) is 4.48. The van der Waals surface area contributed by atoms with Gasteiger partial charge in [0.2, 0.25) is 10.0 Å². The van der Waals surface area contributed by atoms with Gasteiger partial charge >= 0.3 is 0 Å². The fourth-order valence-corrected chi connectivity index (χ4v) is 1.71. The first-order valence-corrected chi connectivity index (χ1v) is 6.75. The van der Waals surface area contributed by atoms with Crippen molar-refractivity contribution in [1.29, 1.82) is 0 Å². The van der Waals surface area contributed by atoms with Gasteiger partial charge in [-0.1, -0.05) is 11.6 Å². The van der Waals surface area contributed by atoms with Gasteiger partial charge in [-0.25, -0.2) is 18.1 Å². The second-order valence-corrected chi connectivity index (χ2v) is 5.43. The molecule has 1 aromatic rings. The lowest BCUT2D eigenvalue weighted by atomic mass is 10.4. The van der Waals surface area contributed by atoms with Gasteiger partial charge in [-0.2, -0.15) is 0 Å². The number of nitrogens with two attached hydrogens (primary N) is 1. The van der Waals surface area contributed by atoms with Crippen molar-refractivity contribution in [1.82, 2.24) is 9.71 Å². The molecule has 0 aliphatic rings. The highest BCUT2D eigenvalue weighted by atomic mass is 35.5. The SMILES string of the molecule is CS(=O)(=O)NCCNc1ncc(N)cc1Cl. The molecule has 0 aliphatic heterocycles. The maximum absolute atomic E-state index is 10.8. The van der Waals surface area contributed by atoms with Crippen molar-refractivity contribution in [2.75, 3.05) is 30.4 Å². The Morgan fingerprint density at radius 1 is 1.50 bits per heavy atom. The molecular weight excluding hydrogens is 252 g/mol. The number of rotatable bonds is 5. The third-order valence-electron chi connectivity index (χ3n) is 1.64. The molecule has 1 rings (SSSR count). The topological polar surface area (TPSA) is 97.1 Å². The fraction of sp³-hybridized carbons (Fsp3) is 0.375. The summed E-state index contributed by atoms with van der Waals surface area (Å²) in [6.45, 7) is 0.658. The first-order chi connectivity index (χ1) is 7.38. The summed E-state index contributed by atoms with van der Waals surface area (Å²) in [7, 11) is -3.16. The number of aromatic nitrogens is 1. The van der Waals surface area contributed by atoms with Crippen molar-refractivity contribution in [2.24, 2.45) is 0 Å². The van der Waals surface area contributed by atoms with Gasteiger partial charge in [0.15, 0.2) is 0 Å². The van der Waals surface area contributed by atoms with Crippen LogP contribution in [0.15, 0.2) is 12.3 Å². The van der Waals surface area contributed by atoms with Crippen molar-refractivity contribution in [3.8, 4) is 0 Å². The summed E-state index contributed by atoms with van der Waals surface area (Å²) in [5.74, 6) is 0.478.